The van der Waals surface area contributed by atoms with Crippen molar-refractivity contribution in [1.82, 2.24) is 9.30 Å². The van der Waals surface area contributed by atoms with Gasteiger partial charge in [0.05, 0.1) is 23.1 Å². The Morgan fingerprint density at radius 2 is 1.75 bits per heavy atom. The summed E-state index contributed by atoms with van der Waals surface area (Å²) in [5.74, 6) is 0. The fraction of sp³-hybridized carbons (Fsp3) is 0.700. The summed E-state index contributed by atoms with van der Waals surface area (Å²) >= 11 is 5.84. The molecular formula is C10H16BClN2O2. The topological polar surface area (TPSA) is 36.3 Å². The normalized spacial score (nSPS) is 22.8. The summed E-state index contributed by atoms with van der Waals surface area (Å²) in [6.45, 7) is 9.97. The molecule has 0 amide bonds. The van der Waals surface area contributed by atoms with Crippen LogP contribution in [0.1, 0.15) is 33.4 Å². The summed E-state index contributed by atoms with van der Waals surface area (Å²) < 4.78 is 13.1. The molecule has 0 spiro atoms. The summed E-state index contributed by atoms with van der Waals surface area (Å²) in [6.07, 6.45) is 1.68. The van der Waals surface area contributed by atoms with E-state index >= 15 is 0 Å². The van der Waals surface area contributed by atoms with Crippen LogP contribution >= 0.6 is 11.8 Å². The van der Waals surface area contributed by atoms with Crippen molar-refractivity contribution in [3.63, 3.8) is 0 Å². The molecule has 0 aromatic carbocycles. The van der Waals surface area contributed by atoms with Gasteiger partial charge >= 0.3 is 7.12 Å². The lowest BCUT2D eigenvalue weighted by Gasteiger charge is -2.32. The van der Waals surface area contributed by atoms with Crippen LogP contribution in [0.4, 0.5) is 0 Å². The molecule has 0 aliphatic carbocycles. The quantitative estimate of drug-likeness (QED) is 0.700. The van der Waals surface area contributed by atoms with Crippen LogP contribution in [0.2, 0.25) is 0 Å². The van der Waals surface area contributed by atoms with E-state index < -0.39 is 7.12 Å². The van der Waals surface area contributed by atoms with E-state index in [0.29, 0.717) is 0 Å². The third-order valence-electron chi connectivity index (χ3n) is 3.50. The second-order valence-electron chi connectivity index (χ2n) is 5.13. The predicted octanol–water partition coefficient (Wildman–Crippen LogP) is 1.49. The first-order chi connectivity index (χ1) is 7.24. The Balaban J connectivity index is 2.30. The molecule has 16 heavy (non-hydrogen) atoms. The highest BCUT2D eigenvalue weighted by molar-refractivity contribution is 6.62. The van der Waals surface area contributed by atoms with E-state index in [0.717, 1.165) is 11.2 Å². The molecule has 0 radical (unpaired) electrons. The summed E-state index contributed by atoms with van der Waals surface area (Å²) in [4.78, 5) is 0. The number of aromatic nitrogens is 2. The minimum atomic E-state index is -0.391. The van der Waals surface area contributed by atoms with E-state index in [2.05, 4.69) is 5.10 Å². The number of hydrogen-bond acceptors (Lipinski definition) is 3. The first-order valence-corrected chi connectivity index (χ1v) is 5.65. The number of nitrogens with zero attached hydrogens (tertiary/aromatic N) is 2. The van der Waals surface area contributed by atoms with Gasteiger partial charge in [-0.2, -0.15) is 9.30 Å². The zero-order valence-electron chi connectivity index (χ0n) is 10.2. The van der Waals surface area contributed by atoms with Crippen molar-refractivity contribution in [3.05, 3.63) is 11.9 Å². The highest BCUT2D eigenvalue weighted by Gasteiger charge is 2.52. The van der Waals surface area contributed by atoms with Crippen molar-refractivity contribution in [2.45, 2.75) is 45.8 Å². The Morgan fingerprint density at radius 1 is 1.25 bits per heavy atom. The molecule has 6 heteroatoms. The molecule has 4 nitrogen and oxygen atoms in total. The van der Waals surface area contributed by atoms with Crippen molar-refractivity contribution in [2.75, 3.05) is 0 Å². The lowest BCUT2D eigenvalue weighted by Crippen LogP contribution is -2.41. The van der Waals surface area contributed by atoms with Gasteiger partial charge in [0.25, 0.3) is 0 Å². The Morgan fingerprint density at radius 3 is 2.12 bits per heavy atom. The Labute approximate surface area is 101 Å². The highest BCUT2D eigenvalue weighted by atomic mass is 35.5. The van der Waals surface area contributed by atoms with Gasteiger partial charge in [-0.15, -0.1) is 0 Å². The maximum absolute atomic E-state index is 5.91. The smallest absolute Gasteiger partial charge is 0.399 e. The van der Waals surface area contributed by atoms with Crippen LogP contribution in [0.3, 0.4) is 0 Å². The predicted molar refractivity (Wildman–Crippen MR) is 63.9 cm³/mol. The number of halogens is 1. The second-order valence-corrected chi connectivity index (χ2v) is 5.45. The molecule has 0 saturated carbocycles. The summed E-state index contributed by atoms with van der Waals surface area (Å²) in [5, 5.41) is 3.98. The lowest BCUT2D eigenvalue weighted by atomic mass is 9.79. The van der Waals surface area contributed by atoms with E-state index in [9.17, 15) is 0 Å². The van der Waals surface area contributed by atoms with Crippen molar-refractivity contribution < 1.29 is 9.31 Å². The van der Waals surface area contributed by atoms with Crippen LogP contribution in [0.5, 0.6) is 0 Å². The molecule has 0 unspecified atom stereocenters. The molecule has 0 bridgehead atoms. The fourth-order valence-electron chi connectivity index (χ4n) is 1.60. The van der Waals surface area contributed by atoms with Crippen molar-refractivity contribution in [1.29, 1.82) is 0 Å². The average molecular weight is 243 g/mol. The zero-order chi connectivity index (χ0) is 12.1. The van der Waals surface area contributed by atoms with Crippen molar-refractivity contribution in [2.24, 2.45) is 0 Å². The lowest BCUT2D eigenvalue weighted by molar-refractivity contribution is 0.00578. The molecule has 1 aliphatic heterocycles. The fourth-order valence-corrected chi connectivity index (χ4v) is 1.74. The van der Waals surface area contributed by atoms with Gasteiger partial charge in [0.2, 0.25) is 0 Å². The molecule has 1 aliphatic rings. The summed E-state index contributed by atoms with van der Waals surface area (Å²) in [6, 6.07) is 0. The Bertz CT molecular complexity index is 401. The highest BCUT2D eigenvalue weighted by Crippen LogP contribution is 2.36. The molecular weight excluding hydrogens is 226 g/mol. The molecule has 1 saturated heterocycles. The van der Waals surface area contributed by atoms with E-state index in [4.69, 9.17) is 21.1 Å². The molecule has 1 aromatic rings. The van der Waals surface area contributed by atoms with Gasteiger partial charge in [0.15, 0.2) is 0 Å². The SMILES string of the molecule is Cc1c(B2OC(C)(C)C(C)(C)O2)cnn1Cl. The van der Waals surface area contributed by atoms with Crippen molar-refractivity contribution in [3.8, 4) is 0 Å². The largest absolute Gasteiger partial charge is 0.498 e. The van der Waals surface area contributed by atoms with Gasteiger partial charge < -0.3 is 9.31 Å². The van der Waals surface area contributed by atoms with Crippen molar-refractivity contribution >= 4 is 24.4 Å². The van der Waals surface area contributed by atoms with Gasteiger partial charge in [-0.05, 0) is 34.6 Å². The molecule has 2 heterocycles. The van der Waals surface area contributed by atoms with Crippen LogP contribution in [0.25, 0.3) is 0 Å². The summed E-state index contributed by atoms with van der Waals surface area (Å²) in [5.41, 5.74) is 1.06. The molecule has 0 atom stereocenters. The minimum absolute atomic E-state index is 0.335. The summed E-state index contributed by atoms with van der Waals surface area (Å²) in [7, 11) is -0.391. The van der Waals surface area contributed by atoms with E-state index in [-0.39, 0.29) is 11.2 Å². The van der Waals surface area contributed by atoms with E-state index in [1.165, 1.54) is 4.20 Å². The Kier molecular flexibility index (Phi) is 2.61. The van der Waals surface area contributed by atoms with Crippen LogP contribution in [-0.4, -0.2) is 27.6 Å². The van der Waals surface area contributed by atoms with Crippen LogP contribution in [0, 0.1) is 6.92 Å². The molecule has 2 rings (SSSR count). The monoisotopic (exact) mass is 242 g/mol. The molecule has 1 aromatic heterocycles. The van der Waals surface area contributed by atoms with Crippen LogP contribution in [-0.2, 0) is 9.31 Å². The zero-order valence-corrected chi connectivity index (χ0v) is 11.0. The maximum atomic E-state index is 5.91. The minimum Gasteiger partial charge on any atom is -0.399 e. The number of rotatable bonds is 1. The number of hydrogen-bond donors (Lipinski definition) is 0. The Hall–Kier alpha value is -0.515. The third kappa shape index (κ3) is 1.67. The van der Waals surface area contributed by atoms with Gasteiger partial charge in [-0.1, -0.05) is 0 Å². The third-order valence-corrected chi connectivity index (χ3v) is 3.84. The first kappa shape index (κ1) is 12.0. The molecule has 0 N–H and O–H groups in total. The van der Waals surface area contributed by atoms with Gasteiger partial charge in [0.1, 0.15) is 0 Å². The van der Waals surface area contributed by atoms with Crippen LogP contribution in [0.15, 0.2) is 6.20 Å². The second kappa shape index (κ2) is 3.49. The van der Waals surface area contributed by atoms with E-state index in [1.54, 1.807) is 6.20 Å². The maximum Gasteiger partial charge on any atom is 0.498 e. The van der Waals surface area contributed by atoms with Crippen LogP contribution < -0.4 is 5.46 Å². The van der Waals surface area contributed by atoms with E-state index in [1.807, 2.05) is 34.6 Å². The first-order valence-electron chi connectivity index (χ1n) is 5.31. The molecule has 88 valence electrons. The van der Waals surface area contributed by atoms with Gasteiger partial charge in [0, 0.05) is 17.2 Å². The average Bonchev–Trinajstić information content (AvgIpc) is 2.54. The molecule has 1 fully saturated rings. The van der Waals surface area contributed by atoms with Gasteiger partial charge in [-0.3, -0.25) is 0 Å². The standard InChI is InChI=1S/C10H16BClN2O2/c1-7-8(6-13-14(7)12)11-15-9(2,3)10(4,5)16-11/h6H,1-5H3. The van der Waals surface area contributed by atoms with Gasteiger partial charge in [-0.25, -0.2) is 0 Å².